The highest BCUT2D eigenvalue weighted by atomic mass is 16.7. The van der Waals surface area contributed by atoms with Gasteiger partial charge in [-0.25, -0.2) is 4.99 Å². The third-order valence-electron chi connectivity index (χ3n) is 3.23. The van der Waals surface area contributed by atoms with Crippen molar-refractivity contribution in [1.82, 2.24) is 0 Å². The Bertz CT molecular complexity index is 389. The molecule has 0 spiro atoms. The number of aliphatic hydroxyl groups excluding tert-OH is 2. The van der Waals surface area contributed by atoms with Gasteiger partial charge in [-0.3, -0.25) is 4.65 Å². The fraction of sp³-hybridized carbons (Fsp3) is 0.727. The summed E-state index contributed by atoms with van der Waals surface area (Å²) in [5.74, 6) is 0.253. The first-order chi connectivity index (χ1) is 8.98. The van der Waals surface area contributed by atoms with Gasteiger partial charge in [-0.2, -0.15) is 0 Å². The standard InChI is InChI=1S/C11H19N3O5/c1-2-18-5-7-9(15)10(16)11(19-7)14(17)4-3-8(12)13-6-14/h3-4,7,9-11,15-16H,2,5-6H2,1H3,(H2,12,13)/t7-,9-,10+,11-,14?/m1/s1. The van der Waals surface area contributed by atoms with Crippen LogP contribution in [0.5, 0.6) is 0 Å². The Labute approximate surface area is 110 Å². The van der Waals surface area contributed by atoms with Gasteiger partial charge in [-0.05, 0) is 6.92 Å². The van der Waals surface area contributed by atoms with Crippen LogP contribution in [0.25, 0.3) is 0 Å². The van der Waals surface area contributed by atoms with E-state index in [4.69, 9.17) is 15.2 Å². The van der Waals surface area contributed by atoms with Gasteiger partial charge in [-0.15, -0.1) is 0 Å². The Morgan fingerprint density at radius 2 is 2.32 bits per heavy atom. The van der Waals surface area contributed by atoms with Crippen LogP contribution in [0.15, 0.2) is 17.3 Å². The molecule has 0 aliphatic carbocycles. The van der Waals surface area contributed by atoms with Gasteiger partial charge in [0.2, 0.25) is 6.23 Å². The summed E-state index contributed by atoms with van der Waals surface area (Å²) in [7, 11) is 0. The average molecular weight is 273 g/mol. The molecule has 2 aliphatic rings. The molecule has 4 N–H and O–H groups in total. The minimum atomic E-state index is -1.29. The summed E-state index contributed by atoms with van der Waals surface area (Å²) in [6.07, 6.45) is -1.66. The zero-order valence-corrected chi connectivity index (χ0v) is 10.7. The van der Waals surface area contributed by atoms with Crippen molar-refractivity contribution in [2.75, 3.05) is 19.9 Å². The summed E-state index contributed by atoms with van der Waals surface area (Å²) in [4.78, 5) is 3.84. The number of aliphatic imine (C=N–C) groups is 1. The second-order valence-corrected chi connectivity index (χ2v) is 4.60. The number of aliphatic hydroxyl groups is 2. The quantitative estimate of drug-likeness (QED) is 0.429. The molecule has 0 aromatic heterocycles. The monoisotopic (exact) mass is 273 g/mol. The van der Waals surface area contributed by atoms with Crippen LogP contribution >= 0.6 is 0 Å². The Hall–Kier alpha value is -1.03. The van der Waals surface area contributed by atoms with Crippen molar-refractivity contribution >= 4 is 5.84 Å². The maximum atomic E-state index is 12.5. The van der Waals surface area contributed by atoms with Crippen LogP contribution in [0.2, 0.25) is 0 Å². The third kappa shape index (κ3) is 2.78. The molecular weight excluding hydrogens is 254 g/mol. The molecule has 1 fully saturated rings. The first-order valence-corrected chi connectivity index (χ1v) is 6.15. The average Bonchev–Trinajstić information content (AvgIpc) is 2.68. The Kier molecular flexibility index (Phi) is 4.19. The number of ether oxygens (including phenoxy) is 2. The normalized spacial score (nSPS) is 42.4. The molecule has 2 rings (SSSR count). The number of rotatable bonds is 4. The van der Waals surface area contributed by atoms with Gasteiger partial charge >= 0.3 is 0 Å². The molecule has 0 aromatic carbocycles. The number of hydrogen-bond donors (Lipinski definition) is 3. The summed E-state index contributed by atoms with van der Waals surface area (Å²) >= 11 is 0. The number of hydrogen-bond acceptors (Lipinski definition) is 7. The van der Waals surface area contributed by atoms with E-state index in [1.165, 1.54) is 12.3 Å². The highest BCUT2D eigenvalue weighted by Crippen LogP contribution is 2.30. The smallest absolute Gasteiger partial charge is 0.228 e. The van der Waals surface area contributed by atoms with E-state index < -0.39 is 29.2 Å². The van der Waals surface area contributed by atoms with Gasteiger partial charge in [0.05, 0.1) is 6.61 Å². The van der Waals surface area contributed by atoms with Crippen molar-refractivity contribution in [2.24, 2.45) is 10.7 Å². The second kappa shape index (κ2) is 5.53. The van der Waals surface area contributed by atoms with Crippen molar-refractivity contribution in [3.8, 4) is 0 Å². The van der Waals surface area contributed by atoms with Crippen LogP contribution in [-0.2, 0) is 9.47 Å². The van der Waals surface area contributed by atoms with Crippen molar-refractivity contribution in [2.45, 2.75) is 31.5 Å². The molecule has 8 heteroatoms. The van der Waals surface area contributed by atoms with E-state index in [-0.39, 0.29) is 19.1 Å². The van der Waals surface area contributed by atoms with E-state index in [1.807, 2.05) is 6.92 Å². The number of amidine groups is 1. The topological polar surface area (TPSA) is 120 Å². The lowest BCUT2D eigenvalue weighted by atomic mass is 10.1. The molecule has 0 amide bonds. The highest BCUT2D eigenvalue weighted by molar-refractivity contribution is 5.91. The van der Waals surface area contributed by atoms with Crippen LogP contribution in [-0.4, -0.2) is 65.1 Å². The Morgan fingerprint density at radius 3 is 2.89 bits per heavy atom. The second-order valence-electron chi connectivity index (χ2n) is 4.60. The van der Waals surface area contributed by atoms with Crippen LogP contribution in [0.3, 0.4) is 0 Å². The van der Waals surface area contributed by atoms with Crippen molar-refractivity contribution < 1.29 is 24.3 Å². The van der Waals surface area contributed by atoms with Crippen molar-refractivity contribution in [3.05, 3.63) is 17.5 Å². The lowest BCUT2D eigenvalue weighted by Crippen LogP contribution is -2.53. The van der Waals surface area contributed by atoms with Gasteiger partial charge in [0, 0.05) is 12.7 Å². The van der Waals surface area contributed by atoms with Crippen molar-refractivity contribution in [1.29, 1.82) is 0 Å². The minimum absolute atomic E-state index is 0.125. The molecule has 0 aromatic rings. The molecule has 1 unspecified atom stereocenters. The van der Waals surface area contributed by atoms with E-state index in [9.17, 15) is 15.4 Å². The fourth-order valence-electron chi connectivity index (χ4n) is 2.12. The third-order valence-corrected chi connectivity index (χ3v) is 3.23. The van der Waals surface area contributed by atoms with Crippen LogP contribution in [0, 0.1) is 5.21 Å². The Balaban J connectivity index is 2.07. The maximum Gasteiger partial charge on any atom is 0.228 e. The number of quaternary nitrogens is 1. The van der Waals surface area contributed by atoms with Gasteiger partial charge in [-0.1, -0.05) is 0 Å². The van der Waals surface area contributed by atoms with Crippen LogP contribution in [0.1, 0.15) is 6.92 Å². The number of nitrogens with two attached hydrogens (primary N) is 1. The maximum absolute atomic E-state index is 12.5. The van der Waals surface area contributed by atoms with Gasteiger partial charge < -0.3 is 30.6 Å². The largest absolute Gasteiger partial charge is 0.624 e. The summed E-state index contributed by atoms with van der Waals surface area (Å²) in [5.41, 5.74) is 5.45. The van der Waals surface area contributed by atoms with Crippen LogP contribution < -0.4 is 5.73 Å². The molecular formula is C11H19N3O5. The van der Waals surface area contributed by atoms with Gasteiger partial charge in [0.25, 0.3) is 0 Å². The molecule has 19 heavy (non-hydrogen) atoms. The van der Waals surface area contributed by atoms with Crippen LogP contribution in [0.4, 0.5) is 0 Å². The van der Waals surface area contributed by atoms with E-state index in [0.29, 0.717) is 6.61 Å². The first kappa shape index (κ1) is 14.4. The minimum Gasteiger partial charge on any atom is -0.624 e. The number of nitrogens with zero attached hydrogens (tertiary/aromatic N) is 2. The molecule has 0 radical (unpaired) electrons. The van der Waals surface area contributed by atoms with Gasteiger partial charge in [0.1, 0.15) is 24.2 Å². The predicted octanol–water partition coefficient (Wildman–Crippen LogP) is -1.37. The van der Waals surface area contributed by atoms with E-state index >= 15 is 0 Å². The molecule has 108 valence electrons. The molecule has 1 saturated heterocycles. The first-order valence-electron chi connectivity index (χ1n) is 6.15. The molecule has 2 aliphatic heterocycles. The highest BCUT2D eigenvalue weighted by Gasteiger charge is 2.50. The number of hydroxylamine groups is 3. The summed E-state index contributed by atoms with van der Waals surface area (Å²) < 4.78 is 9.59. The molecule has 0 bridgehead atoms. The molecule has 2 heterocycles. The Morgan fingerprint density at radius 1 is 1.58 bits per heavy atom. The molecule has 0 saturated carbocycles. The summed E-state index contributed by atoms with van der Waals surface area (Å²) in [5, 5.41) is 32.3. The zero-order chi connectivity index (χ0) is 14.0. The van der Waals surface area contributed by atoms with Crippen molar-refractivity contribution in [3.63, 3.8) is 0 Å². The molecule has 8 nitrogen and oxygen atoms in total. The van der Waals surface area contributed by atoms with E-state index in [1.54, 1.807) is 0 Å². The lowest BCUT2D eigenvalue weighted by molar-refractivity contribution is -0.883. The zero-order valence-electron chi connectivity index (χ0n) is 10.7. The molecule has 5 atom stereocenters. The van der Waals surface area contributed by atoms with Gasteiger partial charge in [0.15, 0.2) is 12.8 Å². The lowest BCUT2D eigenvalue weighted by Gasteiger charge is -2.43. The van der Waals surface area contributed by atoms with E-state index in [0.717, 1.165) is 0 Å². The summed E-state index contributed by atoms with van der Waals surface area (Å²) in [6.45, 7) is 2.21. The van der Waals surface area contributed by atoms with E-state index in [2.05, 4.69) is 4.99 Å². The SMILES string of the molecule is CCOC[C@H]1O[C@@H]([N+]2([O-])C=CC(N)=NC2)[C@@H](O)[C@@H]1O. The predicted molar refractivity (Wildman–Crippen MR) is 66.4 cm³/mol. The fourth-order valence-corrected chi connectivity index (χ4v) is 2.12. The summed E-state index contributed by atoms with van der Waals surface area (Å²) in [6, 6.07) is 0.